The molecule has 0 amide bonds. The molecule has 0 spiro atoms. The summed E-state index contributed by atoms with van der Waals surface area (Å²) in [6.07, 6.45) is 3.09. The topological polar surface area (TPSA) is 89.4 Å². The summed E-state index contributed by atoms with van der Waals surface area (Å²) in [5, 5.41) is 18.6. The minimum Gasteiger partial charge on any atom is -0.481 e. The van der Waals surface area contributed by atoms with Crippen LogP contribution in [-0.2, 0) is 19.7 Å². The molecule has 2 heterocycles. The minimum atomic E-state index is -0.807. The van der Waals surface area contributed by atoms with Crippen LogP contribution in [0.3, 0.4) is 0 Å². The lowest BCUT2D eigenvalue weighted by molar-refractivity contribution is -0.137. The van der Waals surface area contributed by atoms with Gasteiger partial charge in [-0.3, -0.25) is 9.89 Å². The van der Waals surface area contributed by atoms with E-state index in [4.69, 9.17) is 9.47 Å². The maximum atomic E-state index is 14.3. The van der Waals surface area contributed by atoms with Crippen LogP contribution in [0, 0.1) is 12.7 Å². The Morgan fingerprint density at radius 1 is 1.27 bits per heavy atom. The zero-order chi connectivity index (χ0) is 26.7. The molecule has 0 aliphatic heterocycles. The third-order valence-electron chi connectivity index (χ3n) is 6.99. The Hall–Kier alpha value is -3.23. The van der Waals surface area contributed by atoms with Crippen LogP contribution in [0.1, 0.15) is 62.8 Å². The number of ether oxygens (including phenoxy) is 2. The van der Waals surface area contributed by atoms with Crippen LogP contribution in [0.4, 0.5) is 4.39 Å². The molecule has 7 nitrogen and oxygen atoms in total. The van der Waals surface area contributed by atoms with Gasteiger partial charge in [-0.25, -0.2) is 4.39 Å². The van der Waals surface area contributed by atoms with Gasteiger partial charge in [-0.1, -0.05) is 13.8 Å². The number of aliphatic carboxylic acids is 1. The Morgan fingerprint density at radius 2 is 2.05 bits per heavy atom. The molecular weight excluding hydrogens is 473 g/mol. The molecule has 0 unspecified atom stereocenters. The maximum Gasteiger partial charge on any atom is 0.303 e. The number of H-pyrrole nitrogens is 1. The molecule has 4 rings (SSSR count). The van der Waals surface area contributed by atoms with Crippen molar-refractivity contribution in [1.82, 2.24) is 14.8 Å². The second-order valence-electron chi connectivity index (χ2n) is 10.3. The average Bonchev–Trinajstić information content (AvgIpc) is 3.43. The van der Waals surface area contributed by atoms with Crippen molar-refractivity contribution in [3.63, 3.8) is 0 Å². The van der Waals surface area contributed by atoms with Crippen LogP contribution < -0.4 is 0 Å². The molecule has 1 atom stereocenters. The first-order valence-electron chi connectivity index (χ1n) is 12.7. The number of methoxy groups -OCH3 is 1. The number of aryl methyl sites for hydroxylation is 1. The van der Waals surface area contributed by atoms with E-state index < -0.39 is 11.4 Å². The van der Waals surface area contributed by atoms with Gasteiger partial charge in [0.2, 0.25) is 0 Å². The number of fused-ring (bicyclic) bond motifs is 2. The van der Waals surface area contributed by atoms with Crippen molar-refractivity contribution in [2.45, 2.75) is 58.3 Å². The zero-order valence-corrected chi connectivity index (χ0v) is 22.2. The number of aromatic nitrogens is 3. The Morgan fingerprint density at radius 3 is 2.73 bits per heavy atom. The molecule has 2 N–H and O–H groups in total. The Balaban J connectivity index is 2.08. The van der Waals surface area contributed by atoms with E-state index in [1.807, 2.05) is 13.0 Å². The van der Waals surface area contributed by atoms with E-state index in [1.165, 1.54) is 6.07 Å². The van der Waals surface area contributed by atoms with E-state index in [-0.39, 0.29) is 18.2 Å². The van der Waals surface area contributed by atoms with Gasteiger partial charge in [0.15, 0.2) is 0 Å². The highest BCUT2D eigenvalue weighted by atomic mass is 19.1. The highest BCUT2D eigenvalue weighted by Gasteiger charge is 2.34. The zero-order valence-electron chi connectivity index (χ0n) is 22.2. The monoisotopic (exact) mass is 509 g/mol. The van der Waals surface area contributed by atoms with Crippen LogP contribution in [0.2, 0.25) is 0 Å². The largest absolute Gasteiger partial charge is 0.481 e. The van der Waals surface area contributed by atoms with Crippen molar-refractivity contribution in [3.05, 3.63) is 59.2 Å². The summed E-state index contributed by atoms with van der Waals surface area (Å²) in [7, 11) is 1.69. The lowest BCUT2D eigenvalue weighted by Gasteiger charge is -2.30. The normalized spacial score (nSPS) is 13.0. The van der Waals surface area contributed by atoms with Gasteiger partial charge in [-0.05, 0) is 68.1 Å². The highest BCUT2D eigenvalue weighted by Crippen LogP contribution is 2.43. The van der Waals surface area contributed by atoms with Gasteiger partial charge in [0.25, 0.3) is 0 Å². The third-order valence-corrected chi connectivity index (χ3v) is 6.99. The van der Waals surface area contributed by atoms with E-state index in [0.717, 1.165) is 38.8 Å². The number of hydrogen-bond acceptors (Lipinski definition) is 4. The molecule has 8 heteroatoms. The number of nitrogens with one attached hydrogen (secondary N) is 1. The van der Waals surface area contributed by atoms with Gasteiger partial charge in [0, 0.05) is 53.6 Å². The van der Waals surface area contributed by atoms with Crippen molar-refractivity contribution >= 4 is 27.8 Å². The summed E-state index contributed by atoms with van der Waals surface area (Å²) >= 11 is 0. The SMILES string of the molecule is CCOC[C@@H](CCCC(=O)O)c1c(C(C)(C)COC)n(-c2ccc(F)c(C)c2)c2cc3cn[nH]c3cc12. The molecule has 37 heavy (non-hydrogen) atoms. The number of hydrogen-bond donors (Lipinski definition) is 2. The number of rotatable bonds is 12. The number of carboxylic acid groups (broad SMARTS) is 1. The van der Waals surface area contributed by atoms with Crippen LogP contribution >= 0.6 is 0 Å². The van der Waals surface area contributed by atoms with Gasteiger partial charge in [0.1, 0.15) is 5.82 Å². The third kappa shape index (κ3) is 5.40. The number of carbonyl (C=O) groups is 1. The average molecular weight is 510 g/mol. The molecule has 2 aromatic carbocycles. The lowest BCUT2D eigenvalue weighted by Crippen LogP contribution is -2.29. The Bertz CT molecular complexity index is 1410. The Labute approximate surface area is 216 Å². The number of aromatic amines is 1. The molecule has 0 aliphatic carbocycles. The van der Waals surface area contributed by atoms with Crippen molar-refractivity contribution in [2.75, 3.05) is 26.9 Å². The summed E-state index contributed by atoms with van der Waals surface area (Å²) < 4.78 is 28.2. The van der Waals surface area contributed by atoms with E-state index in [2.05, 4.69) is 40.7 Å². The van der Waals surface area contributed by atoms with Crippen LogP contribution in [0.25, 0.3) is 27.5 Å². The van der Waals surface area contributed by atoms with Crippen LogP contribution in [-0.4, -0.2) is 52.8 Å². The molecule has 0 bridgehead atoms. The van der Waals surface area contributed by atoms with E-state index in [0.29, 0.717) is 38.2 Å². The molecule has 0 radical (unpaired) electrons. The maximum absolute atomic E-state index is 14.3. The minimum absolute atomic E-state index is 0.0453. The van der Waals surface area contributed by atoms with Gasteiger partial charge >= 0.3 is 5.97 Å². The molecule has 0 saturated carbocycles. The van der Waals surface area contributed by atoms with Crippen LogP contribution in [0.15, 0.2) is 36.5 Å². The quantitative estimate of drug-likeness (QED) is 0.236. The number of nitrogens with zero attached hydrogens (tertiary/aromatic N) is 2. The predicted molar refractivity (Wildman–Crippen MR) is 143 cm³/mol. The van der Waals surface area contributed by atoms with Crippen molar-refractivity contribution in [1.29, 1.82) is 0 Å². The van der Waals surface area contributed by atoms with Crippen molar-refractivity contribution in [3.8, 4) is 5.69 Å². The summed E-state index contributed by atoms with van der Waals surface area (Å²) in [6.45, 7) is 9.51. The Kier molecular flexibility index (Phi) is 7.99. The standard InChI is InChI=1S/C29H36FN3O4/c1-6-37-16-19(8-7-9-26(34)35)27-22-14-24-20(15-31-32-24)13-25(22)33(28(27)29(3,4)17-36-5)21-10-11-23(30)18(2)12-21/h10-15,19H,6-9,16-17H2,1-5H3,(H,31,32)(H,34,35)/t19-/m1/s1. The van der Waals surface area contributed by atoms with Crippen LogP contribution in [0.5, 0.6) is 0 Å². The smallest absolute Gasteiger partial charge is 0.303 e. The predicted octanol–water partition coefficient (Wildman–Crippen LogP) is 6.25. The highest BCUT2D eigenvalue weighted by molar-refractivity contribution is 5.99. The molecule has 198 valence electrons. The number of carboxylic acids is 1. The first-order valence-corrected chi connectivity index (χ1v) is 12.7. The fourth-order valence-corrected chi connectivity index (χ4v) is 5.37. The van der Waals surface area contributed by atoms with Gasteiger partial charge in [-0.2, -0.15) is 5.10 Å². The molecule has 2 aromatic heterocycles. The lowest BCUT2D eigenvalue weighted by atomic mass is 9.81. The number of halogens is 1. The van der Waals surface area contributed by atoms with Gasteiger partial charge < -0.3 is 19.1 Å². The summed E-state index contributed by atoms with van der Waals surface area (Å²) in [5.74, 6) is -1.10. The molecule has 0 fully saturated rings. The fraction of sp³-hybridized carbons (Fsp3) is 0.448. The van der Waals surface area contributed by atoms with E-state index >= 15 is 0 Å². The first kappa shape index (κ1) is 26.8. The van der Waals surface area contributed by atoms with Gasteiger partial charge in [-0.15, -0.1) is 0 Å². The summed E-state index contributed by atoms with van der Waals surface area (Å²) in [6, 6.07) is 9.40. The second kappa shape index (κ2) is 11.0. The first-order chi connectivity index (χ1) is 17.7. The summed E-state index contributed by atoms with van der Waals surface area (Å²) in [4.78, 5) is 11.3. The van der Waals surface area contributed by atoms with Gasteiger partial charge in [0.05, 0.1) is 30.4 Å². The second-order valence-corrected chi connectivity index (χ2v) is 10.3. The molecule has 4 aromatic rings. The van der Waals surface area contributed by atoms with Crippen molar-refractivity contribution < 1.29 is 23.8 Å². The fourth-order valence-electron chi connectivity index (χ4n) is 5.37. The van der Waals surface area contributed by atoms with E-state index in [1.54, 1.807) is 26.3 Å². The van der Waals surface area contributed by atoms with E-state index in [9.17, 15) is 14.3 Å². The molecular formula is C29H36FN3O4. The molecule has 0 saturated heterocycles. The summed E-state index contributed by atoms with van der Waals surface area (Å²) in [5.41, 5.74) is 5.05. The number of benzene rings is 2. The van der Waals surface area contributed by atoms with Crippen molar-refractivity contribution in [2.24, 2.45) is 0 Å². The molecule has 0 aliphatic rings.